The number of carbonyl (C=O) groups excluding carboxylic acids is 7. The van der Waals surface area contributed by atoms with Gasteiger partial charge in [0.05, 0.1) is 99.6 Å². The first-order valence-electron chi connectivity index (χ1n) is 42.6. The molecule has 144 heavy (non-hydrogen) atoms. The molecular formula is C93H114Cl4F3IN20O23. The second-order valence-corrected chi connectivity index (χ2v) is 33.7. The molecule has 0 saturated carbocycles. The van der Waals surface area contributed by atoms with Crippen molar-refractivity contribution in [3.8, 4) is 69.0 Å². The Morgan fingerprint density at radius 1 is 0.417 bits per heavy atom. The van der Waals surface area contributed by atoms with Crippen LogP contribution < -0.4 is 132 Å². The fourth-order valence-electron chi connectivity index (χ4n) is 13.1. The van der Waals surface area contributed by atoms with E-state index in [0.717, 1.165) is 39.8 Å². The third-order valence-electron chi connectivity index (χ3n) is 19.7. The fraction of sp³-hybridized carbons (Fsp3) is 0.387. The van der Waals surface area contributed by atoms with Crippen LogP contribution in [-0.4, -0.2) is 207 Å². The molecule has 0 aliphatic carbocycles. The summed E-state index contributed by atoms with van der Waals surface area (Å²) in [5.74, 6) is -1.48. The van der Waals surface area contributed by atoms with E-state index in [9.17, 15) is 42.3 Å². The molecule has 0 fully saturated rings. The standard InChI is InChI=1S/C30H30FN7O7.2C25H26ClFN6O7.C8H19N.C3H4Cl2O2.2CH4.HI/c1-17(37-12-8-7-9-13-37)44-29(40)38(18-14-21(41-4)24(43-6)22(15-18)42-5)28-32-16-19(31)25(36-28)33-23-11-10-20-26(34-23)35-27(39)30(2,3)45-20;2*1-12(26)39-24(35)33(13-9-16(36-4)19(38-6)17(10-13)37-5)23-28-11-14(27)20(32-23)29-18-8-7-15-21(30-18)31-22(34)25(2,3)40-15;1-6-9(7(2)3)8(4)5;1-2(4)7-3(5)6;;;/h7-17H,1-6H3,(H-,32,33,34,35,36,39);2*7-12H,1-6H3,(H2,28,29,30,31,32,34);7-8H,6H2,1-5H3;2H,1H3;2*1H4;1H. The normalized spacial score (nSPS) is 13.6. The molecule has 51 heteroatoms. The number of pyridine rings is 4. The van der Waals surface area contributed by atoms with Gasteiger partial charge in [0.1, 0.15) is 17.5 Å². The first-order valence-corrected chi connectivity index (χ1v) is 44.2. The Morgan fingerprint density at radius 3 is 0.896 bits per heavy atom. The molecule has 43 nitrogen and oxygen atoms in total. The summed E-state index contributed by atoms with van der Waals surface area (Å²) in [5.41, 5.74) is -6.33. The smallest absolute Gasteiger partial charge is 0.426 e. The predicted molar refractivity (Wildman–Crippen MR) is 528 cm³/mol. The zero-order valence-corrected chi connectivity index (χ0v) is 86.6. The molecule has 0 saturated heterocycles. The van der Waals surface area contributed by atoms with Crippen molar-refractivity contribution in [2.45, 2.75) is 171 Å². The van der Waals surface area contributed by atoms with Crippen molar-refractivity contribution in [2.24, 2.45) is 0 Å². The van der Waals surface area contributed by atoms with Gasteiger partial charge >= 0.3 is 29.9 Å². The monoisotopic (exact) mass is 2200 g/mol. The average molecular weight is 2210 g/mol. The molecule has 10 aromatic rings. The van der Waals surface area contributed by atoms with Crippen LogP contribution in [0.4, 0.5) is 120 Å². The lowest BCUT2D eigenvalue weighted by molar-refractivity contribution is -0.752. The highest BCUT2D eigenvalue weighted by Crippen LogP contribution is 2.48. The number of methoxy groups -OCH3 is 9. The number of alkyl halides is 3. The minimum absolute atomic E-state index is 0. The average Bonchev–Trinajstić information content (AvgIpc) is 0.784. The minimum atomic E-state index is -1.08. The van der Waals surface area contributed by atoms with E-state index in [1.807, 2.05) is 6.07 Å². The first-order chi connectivity index (χ1) is 66.7. The van der Waals surface area contributed by atoms with Gasteiger partial charge in [0.15, 0.2) is 150 Å². The Balaban J connectivity index is 0.000000303. The largest absolute Gasteiger partial charge is 1.00 e. The van der Waals surface area contributed by atoms with Gasteiger partial charge in [0.25, 0.3) is 17.7 Å². The van der Waals surface area contributed by atoms with Crippen molar-refractivity contribution >= 4 is 175 Å². The summed E-state index contributed by atoms with van der Waals surface area (Å²) in [6.07, 6.45) is 2.51. The number of carbonyl (C=O) groups is 7. The maximum atomic E-state index is 15.1. The summed E-state index contributed by atoms with van der Waals surface area (Å²) in [4.78, 5) is 130. The summed E-state index contributed by atoms with van der Waals surface area (Å²) in [6.45, 7) is 28.1. The van der Waals surface area contributed by atoms with Gasteiger partial charge in [-0.1, -0.05) is 62.6 Å². The van der Waals surface area contributed by atoms with Gasteiger partial charge in [0, 0.05) is 79.1 Å². The highest BCUT2D eigenvalue weighted by molar-refractivity contribution is 6.61. The van der Waals surface area contributed by atoms with Gasteiger partial charge in [-0.25, -0.2) is 77.0 Å². The summed E-state index contributed by atoms with van der Waals surface area (Å²) in [6, 6.07) is 24.8. The summed E-state index contributed by atoms with van der Waals surface area (Å²) < 4.78 is 132. The van der Waals surface area contributed by atoms with Crippen molar-refractivity contribution in [1.82, 2.24) is 49.8 Å². The topological polar surface area (TPSA) is 472 Å². The van der Waals surface area contributed by atoms with Crippen LogP contribution in [0.3, 0.4) is 0 Å². The number of ether oxygens (including phenoxy) is 16. The number of anilines is 15. The molecule has 7 aromatic heterocycles. The van der Waals surface area contributed by atoms with Gasteiger partial charge in [0.2, 0.25) is 35.1 Å². The van der Waals surface area contributed by atoms with Crippen LogP contribution in [0.2, 0.25) is 0 Å². The number of rotatable bonds is 29. The number of benzene rings is 3. The highest BCUT2D eigenvalue weighted by Gasteiger charge is 2.41. The third kappa shape index (κ3) is 30.2. The molecule has 0 radical (unpaired) electrons. The highest BCUT2D eigenvalue weighted by atomic mass is 127. The van der Waals surface area contributed by atoms with Crippen LogP contribution in [0.5, 0.6) is 69.0 Å². The Hall–Kier alpha value is -14.2. The van der Waals surface area contributed by atoms with E-state index in [1.165, 1.54) is 139 Å². The van der Waals surface area contributed by atoms with Gasteiger partial charge < -0.3 is 132 Å². The van der Waals surface area contributed by atoms with Crippen molar-refractivity contribution in [2.75, 3.05) is 117 Å². The molecule has 10 heterocycles. The Kier molecular flexibility index (Phi) is 43.4. The van der Waals surface area contributed by atoms with E-state index < -0.39 is 98.6 Å². The predicted octanol–water partition coefficient (Wildman–Crippen LogP) is 16.5. The van der Waals surface area contributed by atoms with E-state index in [-0.39, 0.29) is 178 Å². The Morgan fingerprint density at radius 2 is 0.681 bits per heavy atom. The lowest BCUT2D eigenvalue weighted by Gasteiger charge is -2.30. The van der Waals surface area contributed by atoms with Gasteiger partial charge in [-0.3, -0.25) is 19.3 Å². The molecule has 3 aliphatic heterocycles. The van der Waals surface area contributed by atoms with Crippen molar-refractivity contribution in [3.63, 3.8) is 0 Å². The van der Waals surface area contributed by atoms with Crippen LogP contribution in [0, 0.1) is 17.5 Å². The number of aromatic nitrogens is 10. The number of nitrogens with one attached hydrogen (secondary N) is 6. The van der Waals surface area contributed by atoms with E-state index in [1.54, 1.807) is 95.8 Å². The van der Waals surface area contributed by atoms with Crippen LogP contribution in [0.1, 0.15) is 125 Å². The maximum Gasteiger partial charge on any atom is 0.426 e. The maximum absolute atomic E-state index is 15.1. The molecular weight excluding hydrogens is 2090 g/mol. The van der Waals surface area contributed by atoms with Crippen molar-refractivity contribution in [1.29, 1.82) is 0 Å². The number of hydrogen-bond donors (Lipinski definition) is 6. The molecule has 4 atom stereocenters. The Bertz CT molecular complexity index is 5860. The molecule has 3 aromatic carbocycles. The number of fused-ring (bicyclic) bond motifs is 3. The zero-order valence-electron chi connectivity index (χ0n) is 81.4. The molecule has 3 aliphatic rings. The molecule has 4 unspecified atom stereocenters. The van der Waals surface area contributed by atoms with Crippen molar-refractivity contribution < 1.29 is 151 Å². The Labute approximate surface area is 866 Å². The van der Waals surface area contributed by atoms with Crippen molar-refractivity contribution in [3.05, 3.63) is 139 Å². The summed E-state index contributed by atoms with van der Waals surface area (Å²) in [5, 5.41) is 16.2. The van der Waals surface area contributed by atoms with E-state index in [4.69, 9.17) is 117 Å². The third-order valence-corrected chi connectivity index (χ3v) is 20.1. The van der Waals surface area contributed by atoms with Crippen LogP contribution in [-0.2, 0) is 33.3 Å². The van der Waals surface area contributed by atoms with E-state index in [0.29, 0.717) is 29.3 Å². The molecule has 6 amide bonds. The molecule has 780 valence electrons. The van der Waals surface area contributed by atoms with E-state index >= 15 is 4.39 Å². The first kappa shape index (κ1) is 119. The number of hydrogen-bond acceptors (Lipinski definition) is 36. The number of halogens is 8. The van der Waals surface area contributed by atoms with Crippen LogP contribution in [0.25, 0.3) is 0 Å². The minimum Gasteiger partial charge on any atom is -1.00 e. The summed E-state index contributed by atoms with van der Waals surface area (Å²) in [7, 11) is 12.8. The van der Waals surface area contributed by atoms with E-state index in [2.05, 4.69) is 121 Å². The van der Waals surface area contributed by atoms with Crippen LogP contribution >= 0.6 is 46.4 Å². The van der Waals surface area contributed by atoms with Crippen LogP contribution in [0.15, 0.2) is 122 Å². The molecule has 13 rings (SSSR count). The van der Waals surface area contributed by atoms with Gasteiger partial charge in [-0.2, -0.15) is 19.5 Å². The fourth-order valence-corrected chi connectivity index (χ4v) is 13.5. The summed E-state index contributed by atoms with van der Waals surface area (Å²) >= 11 is 21.7. The second kappa shape index (κ2) is 52.7. The quantitative estimate of drug-likeness (QED) is 0.00833. The second-order valence-electron chi connectivity index (χ2n) is 31.5. The molecule has 0 spiro atoms. The lowest BCUT2D eigenvalue weighted by Crippen LogP contribution is -3.00. The van der Waals surface area contributed by atoms with Gasteiger partial charge in [-0.15, -0.1) is 0 Å². The lowest BCUT2D eigenvalue weighted by atomic mass is 10.1. The number of nitrogens with zero attached hydrogens (tertiary/aromatic N) is 14. The SMILES string of the molecule is C.C.CC(Cl)OC(=O)Cl.CCN(C(C)C)C(C)C.COc1cc(N(C(=O)OC(C)Cl)c2ncc(F)c(Nc3ccc4c(n3)NC(=O)C(C)(C)O4)n2)cc(OC)c1OC.COc1cc(N(C(=O)OC(C)Cl)c2ncc(F)c(Nc3ccc4c(n3)NC(=O)C(C)(C)O4)n2)cc(OC)c1OC.COc1cc(N(C(=O)OC(C)[n+]2ccccc2)c2ncc(F)c(Nc3ccc4c(n3)NC(=O)C(C)(C)O4)n2)cc(OC)c1OC.[I-]. The number of amides is 6. The molecule has 0 bridgehead atoms. The molecule has 6 N–H and O–H groups in total. The van der Waals surface area contributed by atoms with Gasteiger partial charge in [-0.05, 0) is 133 Å². The zero-order chi connectivity index (χ0) is 104.